The second-order valence-corrected chi connectivity index (χ2v) is 10.2. The van der Waals surface area contributed by atoms with Crippen LogP contribution in [0.1, 0.15) is 51.2 Å². The summed E-state index contributed by atoms with van der Waals surface area (Å²) in [4.78, 5) is 25.7. The maximum atomic E-state index is 13.3. The molecule has 8 nitrogen and oxygen atoms in total. The molecule has 0 radical (unpaired) electrons. The third-order valence-corrected chi connectivity index (χ3v) is 6.84. The zero-order chi connectivity index (χ0) is 27.7. The van der Waals surface area contributed by atoms with Gasteiger partial charge in [0.2, 0.25) is 12.2 Å². The maximum Gasteiger partial charge on any atom is 0.306 e. The molecule has 0 aliphatic carbocycles. The number of amides is 1. The van der Waals surface area contributed by atoms with Crippen LogP contribution in [-0.2, 0) is 33.5 Å². The Morgan fingerprint density at radius 3 is 2.11 bits per heavy atom. The van der Waals surface area contributed by atoms with Crippen LogP contribution in [0.4, 0.5) is 0 Å². The number of nitrogens with one attached hydrogen (secondary N) is 1. The molecule has 0 unspecified atom stereocenters. The fourth-order valence-electron chi connectivity index (χ4n) is 4.66. The number of benzene rings is 2. The Labute approximate surface area is 225 Å². The van der Waals surface area contributed by atoms with E-state index in [-0.39, 0.29) is 18.3 Å². The van der Waals surface area contributed by atoms with Gasteiger partial charge in [-0.25, -0.2) is 9.13 Å². The Balaban J connectivity index is 1.63. The van der Waals surface area contributed by atoms with Gasteiger partial charge in [-0.2, -0.15) is 0 Å². The van der Waals surface area contributed by atoms with Crippen LogP contribution < -0.4 is 15.6 Å². The largest absolute Gasteiger partial charge is 0.460 e. The van der Waals surface area contributed by atoms with Crippen LogP contribution >= 0.6 is 0 Å². The highest BCUT2D eigenvalue weighted by Crippen LogP contribution is 2.36. The molecule has 2 aromatic carbocycles. The fraction of sp³-hybridized carbons (Fsp3) is 0.433. The van der Waals surface area contributed by atoms with Gasteiger partial charge in [-0.3, -0.25) is 9.59 Å². The molecule has 0 saturated carbocycles. The zero-order valence-corrected chi connectivity index (χ0v) is 22.8. The highest BCUT2D eigenvalue weighted by molar-refractivity contribution is 5.83. The van der Waals surface area contributed by atoms with Crippen molar-refractivity contribution >= 4 is 11.9 Å². The highest BCUT2D eigenvalue weighted by Gasteiger charge is 2.43. The van der Waals surface area contributed by atoms with E-state index in [1.165, 1.54) is 0 Å². The molecule has 0 aliphatic rings. The Hall–Kier alpha value is -3.49. The number of unbranched alkanes of at least 4 members (excludes halogenated alkanes) is 1. The summed E-state index contributed by atoms with van der Waals surface area (Å²) in [5, 5.41) is 15.1. The first kappa shape index (κ1) is 29.1. The predicted octanol–water partition coefficient (Wildman–Crippen LogP) is 2.82. The number of nitrogens with zero attached hydrogens (tertiary/aromatic N) is 2. The molecule has 0 bridgehead atoms. The summed E-state index contributed by atoms with van der Waals surface area (Å²) in [6, 6.07) is 16.8. The number of carbonyl (C=O) groups is 2. The number of aliphatic hydroxyl groups is 1. The van der Waals surface area contributed by atoms with Gasteiger partial charge >= 0.3 is 5.97 Å². The molecule has 1 aromatic heterocycles. The van der Waals surface area contributed by atoms with E-state index in [1.54, 1.807) is 6.92 Å². The first-order chi connectivity index (χ1) is 18.1. The number of esters is 1. The van der Waals surface area contributed by atoms with Gasteiger partial charge in [0, 0.05) is 6.42 Å². The fourth-order valence-corrected chi connectivity index (χ4v) is 4.66. The molecule has 3 rings (SSSR count). The first-order valence-electron chi connectivity index (χ1n) is 13.2. The summed E-state index contributed by atoms with van der Waals surface area (Å²) < 4.78 is 9.51. The van der Waals surface area contributed by atoms with Crippen molar-refractivity contribution < 1.29 is 24.0 Å². The van der Waals surface area contributed by atoms with Crippen LogP contribution in [0.5, 0.6) is 0 Å². The van der Waals surface area contributed by atoms with Gasteiger partial charge in [0.15, 0.2) is 0 Å². The summed E-state index contributed by atoms with van der Waals surface area (Å²) in [7, 11) is 1.96. The quantitative estimate of drug-likeness (QED) is 0.182. The van der Waals surface area contributed by atoms with Crippen molar-refractivity contribution in [1.82, 2.24) is 9.88 Å². The number of ether oxygens (including phenoxy) is 1. The second-order valence-electron chi connectivity index (χ2n) is 10.2. The highest BCUT2D eigenvalue weighted by atomic mass is 16.5. The lowest BCUT2D eigenvalue weighted by Gasteiger charge is -2.40. The van der Waals surface area contributed by atoms with Crippen molar-refractivity contribution in [3.63, 3.8) is 0 Å². The third kappa shape index (κ3) is 7.30. The lowest BCUT2D eigenvalue weighted by molar-refractivity contribution is -0.671. The van der Waals surface area contributed by atoms with Crippen LogP contribution in [0.3, 0.4) is 0 Å². The van der Waals surface area contributed by atoms with E-state index in [0.29, 0.717) is 17.5 Å². The normalized spacial score (nSPS) is 14.1. The van der Waals surface area contributed by atoms with E-state index < -0.39 is 29.7 Å². The standard InChI is InChI=1S/C30H40N4O4/c1-22(2)28(30(37,24-13-7-5-8-14-24)25-15-9-6-10-16-25)32-29(36)27(31)23(3)38-26(35)17-11-12-18-34-20-19-33(4)21-34/h5-10,13-16,19-23,27-28,37H,11-12,17-18,31H2,1-4H3/p+1/t23-,27+,28-/m0/s1. The Morgan fingerprint density at radius 1 is 1.03 bits per heavy atom. The van der Waals surface area contributed by atoms with Crippen molar-refractivity contribution in [3.05, 3.63) is 90.5 Å². The van der Waals surface area contributed by atoms with E-state index in [9.17, 15) is 14.7 Å². The van der Waals surface area contributed by atoms with Crippen molar-refractivity contribution in [1.29, 1.82) is 0 Å². The average molecular weight is 522 g/mol. The molecule has 1 amide bonds. The average Bonchev–Trinajstić information content (AvgIpc) is 3.34. The number of hydrogen-bond donors (Lipinski definition) is 3. The summed E-state index contributed by atoms with van der Waals surface area (Å²) in [5.41, 5.74) is 6.06. The van der Waals surface area contributed by atoms with Crippen LogP contribution in [0.15, 0.2) is 79.4 Å². The number of aromatic nitrogens is 2. The molecular weight excluding hydrogens is 480 g/mol. The molecule has 3 atom stereocenters. The van der Waals surface area contributed by atoms with E-state index >= 15 is 0 Å². The van der Waals surface area contributed by atoms with Crippen molar-refractivity contribution in [2.75, 3.05) is 0 Å². The van der Waals surface area contributed by atoms with Crippen molar-refractivity contribution in [3.8, 4) is 0 Å². The smallest absolute Gasteiger partial charge is 0.306 e. The Morgan fingerprint density at radius 2 is 1.61 bits per heavy atom. The summed E-state index contributed by atoms with van der Waals surface area (Å²) >= 11 is 0. The van der Waals surface area contributed by atoms with E-state index in [4.69, 9.17) is 10.5 Å². The molecule has 204 valence electrons. The van der Waals surface area contributed by atoms with Crippen LogP contribution in [0, 0.1) is 5.92 Å². The first-order valence-corrected chi connectivity index (χ1v) is 13.2. The molecule has 3 aromatic rings. The topological polar surface area (TPSA) is 110 Å². The number of imidazole rings is 1. The summed E-state index contributed by atoms with van der Waals surface area (Å²) in [5.74, 6) is -1.02. The molecule has 0 fully saturated rings. The van der Waals surface area contributed by atoms with Crippen LogP contribution in [0.25, 0.3) is 0 Å². The summed E-state index contributed by atoms with van der Waals surface area (Å²) in [6.07, 6.45) is 6.87. The van der Waals surface area contributed by atoms with Gasteiger partial charge in [0.25, 0.3) is 0 Å². The van der Waals surface area contributed by atoms with Crippen molar-refractivity contribution in [2.24, 2.45) is 18.7 Å². The van der Waals surface area contributed by atoms with Gasteiger partial charge in [-0.15, -0.1) is 0 Å². The minimum absolute atomic E-state index is 0.142. The van der Waals surface area contributed by atoms with E-state index in [0.717, 1.165) is 13.0 Å². The Bertz CT molecular complexity index is 1120. The van der Waals surface area contributed by atoms with Gasteiger partial charge in [-0.05, 0) is 36.8 Å². The molecule has 8 heteroatoms. The number of nitrogens with two attached hydrogens (primary N) is 1. The molecule has 4 N–H and O–H groups in total. The van der Waals surface area contributed by atoms with Crippen LogP contribution in [0.2, 0.25) is 0 Å². The molecule has 0 aliphatic heterocycles. The number of aryl methyl sites for hydroxylation is 2. The monoisotopic (exact) mass is 521 g/mol. The molecular formula is C30H41N4O4+. The number of rotatable bonds is 13. The van der Waals surface area contributed by atoms with Gasteiger partial charge in [0.1, 0.15) is 30.1 Å². The number of hydrogen-bond acceptors (Lipinski definition) is 5. The van der Waals surface area contributed by atoms with Crippen LogP contribution in [-0.4, -0.2) is 39.7 Å². The predicted molar refractivity (Wildman–Crippen MR) is 146 cm³/mol. The summed E-state index contributed by atoms with van der Waals surface area (Å²) in [6.45, 7) is 6.30. The Kier molecular flexibility index (Phi) is 10.2. The van der Waals surface area contributed by atoms with Crippen molar-refractivity contribution in [2.45, 2.75) is 70.4 Å². The van der Waals surface area contributed by atoms with Gasteiger partial charge in [0.05, 0.1) is 19.6 Å². The number of carbonyl (C=O) groups excluding carboxylic acids is 2. The second kappa shape index (κ2) is 13.3. The lowest BCUT2D eigenvalue weighted by Crippen LogP contribution is -2.59. The van der Waals surface area contributed by atoms with E-state index in [2.05, 4.69) is 9.88 Å². The maximum absolute atomic E-state index is 13.3. The minimum Gasteiger partial charge on any atom is -0.460 e. The molecule has 0 saturated heterocycles. The lowest BCUT2D eigenvalue weighted by atomic mass is 9.75. The molecule has 1 heterocycles. The zero-order valence-electron chi connectivity index (χ0n) is 22.8. The SMILES string of the molecule is CC(C)[C@H](NC(=O)[C@H](N)[C@H](C)OC(=O)CCCCn1cc[n+](C)c1)C(O)(c1ccccc1)c1ccccc1. The third-order valence-electron chi connectivity index (χ3n) is 6.84. The molecule has 0 spiro atoms. The van der Waals surface area contributed by atoms with Gasteiger partial charge in [-0.1, -0.05) is 74.5 Å². The van der Waals surface area contributed by atoms with Gasteiger partial charge < -0.3 is 20.9 Å². The van der Waals surface area contributed by atoms with E-state index in [1.807, 2.05) is 105 Å². The minimum atomic E-state index is -1.50. The molecule has 38 heavy (non-hydrogen) atoms.